The molecular weight excluding hydrogens is 294 g/mol. The molecule has 1 aromatic heterocycles. The first-order valence-corrected chi connectivity index (χ1v) is 8.69. The number of carbonyl (C=O) groups excluding carboxylic acids is 1. The third-order valence-corrected chi connectivity index (χ3v) is 4.74. The molecule has 116 valence electrons. The minimum atomic E-state index is -0.0555. The summed E-state index contributed by atoms with van der Waals surface area (Å²) in [6.07, 6.45) is 5.88. The minimum Gasteiger partial charge on any atom is -0.348 e. The average molecular weight is 315 g/mol. The molecule has 1 aromatic carbocycles. The van der Waals surface area contributed by atoms with E-state index in [9.17, 15) is 4.79 Å². The maximum Gasteiger partial charge on any atom is 0.271 e. The van der Waals surface area contributed by atoms with Gasteiger partial charge in [-0.15, -0.1) is 11.3 Å². The van der Waals surface area contributed by atoms with Gasteiger partial charge in [0.05, 0.1) is 0 Å². The van der Waals surface area contributed by atoms with Gasteiger partial charge in [-0.3, -0.25) is 4.79 Å². The maximum absolute atomic E-state index is 12.2. The van der Waals surface area contributed by atoms with Crippen LogP contribution in [0.4, 0.5) is 10.8 Å². The number of amides is 1. The number of nitrogens with one attached hydrogen (secondary N) is 2. The zero-order chi connectivity index (χ0) is 15.4. The molecule has 1 aliphatic carbocycles. The number of thiazole rings is 1. The molecule has 22 heavy (non-hydrogen) atoms. The van der Waals surface area contributed by atoms with E-state index < -0.39 is 0 Å². The van der Waals surface area contributed by atoms with Crippen molar-refractivity contribution in [2.75, 3.05) is 5.32 Å². The van der Waals surface area contributed by atoms with E-state index in [4.69, 9.17) is 0 Å². The first kappa shape index (κ1) is 15.0. The van der Waals surface area contributed by atoms with Crippen molar-refractivity contribution in [1.29, 1.82) is 0 Å². The highest BCUT2D eigenvalue weighted by atomic mass is 32.1. The van der Waals surface area contributed by atoms with Crippen LogP contribution < -0.4 is 10.6 Å². The van der Waals surface area contributed by atoms with E-state index in [0.717, 1.165) is 23.7 Å². The number of rotatable bonds is 4. The number of nitrogens with zero attached hydrogens (tertiary/aromatic N) is 1. The van der Waals surface area contributed by atoms with Crippen molar-refractivity contribution in [2.24, 2.45) is 0 Å². The van der Waals surface area contributed by atoms with Gasteiger partial charge in [0.2, 0.25) is 0 Å². The van der Waals surface area contributed by atoms with Gasteiger partial charge in [-0.1, -0.05) is 37.0 Å². The van der Waals surface area contributed by atoms with Gasteiger partial charge in [0.15, 0.2) is 5.13 Å². The standard InChI is InChI=1S/C17H21N3OS/c1-12-7-9-14(10-8-12)19-17-20-15(11-22-17)16(21)18-13-5-3-2-4-6-13/h7-11,13H,2-6H2,1H3,(H,18,21)(H,19,20). The summed E-state index contributed by atoms with van der Waals surface area (Å²) < 4.78 is 0. The highest BCUT2D eigenvalue weighted by Crippen LogP contribution is 2.22. The summed E-state index contributed by atoms with van der Waals surface area (Å²) in [5, 5.41) is 8.90. The molecule has 0 aliphatic heterocycles. The fraction of sp³-hybridized carbons (Fsp3) is 0.412. The maximum atomic E-state index is 12.2. The van der Waals surface area contributed by atoms with E-state index >= 15 is 0 Å². The van der Waals surface area contributed by atoms with Gasteiger partial charge in [-0.05, 0) is 31.9 Å². The number of anilines is 2. The Hall–Kier alpha value is -1.88. The molecular formula is C17H21N3OS. The second-order valence-corrected chi connectivity index (χ2v) is 6.70. The lowest BCUT2D eigenvalue weighted by molar-refractivity contribution is 0.0923. The van der Waals surface area contributed by atoms with Crippen molar-refractivity contribution in [3.8, 4) is 0 Å². The molecule has 1 amide bonds. The van der Waals surface area contributed by atoms with Crippen LogP contribution in [0.2, 0.25) is 0 Å². The topological polar surface area (TPSA) is 54.0 Å². The molecule has 0 unspecified atom stereocenters. The molecule has 1 saturated carbocycles. The van der Waals surface area contributed by atoms with E-state index in [1.807, 2.05) is 29.6 Å². The Bertz CT molecular complexity index is 630. The third kappa shape index (κ3) is 3.85. The Balaban J connectivity index is 1.60. The summed E-state index contributed by atoms with van der Waals surface area (Å²) in [7, 11) is 0. The molecule has 5 heteroatoms. The first-order valence-electron chi connectivity index (χ1n) is 7.81. The van der Waals surface area contributed by atoms with Crippen LogP contribution in [0.15, 0.2) is 29.6 Å². The first-order chi connectivity index (χ1) is 10.7. The average Bonchev–Trinajstić information content (AvgIpc) is 2.99. The van der Waals surface area contributed by atoms with E-state index in [-0.39, 0.29) is 5.91 Å². The lowest BCUT2D eigenvalue weighted by Gasteiger charge is -2.22. The number of aryl methyl sites for hydroxylation is 1. The van der Waals surface area contributed by atoms with Crippen molar-refractivity contribution in [3.05, 3.63) is 40.9 Å². The minimum absolute atomic E-state index is 0.0555. The summed E-state index contributed by atoms with van der Waals surface area (Å²) in [6, 6.07) is 8.44. The van der Waals surface area contributed by atoms with E-state index in [2.05, 4.69) is 22.5 Å². The normalized spacial score (nSPS) is 15.5. The molecule has 4 nitrogen and oxygen atoms in total. The summed E-state index contributed by atoms with van der Waals surface area (Å²) >= 11 is 1.46. The number of aromatic nitrogens is 1. The molecule has 0 spiro atoms. The Morgan fingerprint density at radius 1 is 1.18 bits per heavy atom. The summed E-state index contributed by atoms with van der Waals surface area (Å²) in [6.45, 7) is 2.06. The molecule has 3 rings (SSSR count). The van der Waals surface area contributed by atoms with Gasteiger partial charge in [0.25, 0.3) is 5.91 Å². The van der Waals surface area contributed by atoms with Crippen molar-refractivity contribution < 1.29 is 4.79 Å². The second-order valence-electron chi connectivity index (χ2n) is 5.84. The van der Waals surface area contributed by atoms with Crippen LogP contribution in [0.25, 0.3) is 0 Å². The van der Waals surface area contributed by atoms with Crippen molar-refractivity contribution in [1.82, 2.24) is 10.3 Å². The van der Waals surface area contributed by atoms with Crippen LogP contribution in [0.3, 0.4) is 0 Å². The molecule has 1 heterocycles. The van der Waals surface area contributed by atoms with Gasteiger partial charge in [0, 0.05) is 17.1 Å². The fourth-order valence-electron chi connectivity index (χ4n) is 2.70. The smallest absolute Gasteiger partial charge is 0.271 e. The van der Waals surface area contributed by atoms with Crippen LogP contribution >= 0.6 is 11.3 Å². The molecule has 2 aromatic rings. The van der Waals surface area contributed by atoms with Crippen molar-refractivity contribution >= 4 is 28.1 Å². The van der Waals surface area contributed by atoms with Gasteiger partial charge in [0.1, 0.15) is 5.69 Å². The van der Waals surface area contributed by atoms with Crippen LogP contribution in [0, 0.1) is 6.92 Å². The van der Waals surface area contributed by atoms with Gasteiger partial charge >= 0.3 is 0 Å². The molecule has 0 bridgehead atoms. The molecule has 1 fully saturated rings. The quantitative estimate of drug-likeness (QED) is 0.886. The zero-order valence-corrected chi connectivity index (χ0v) is 13.6. The summed E-state index contributed by atoms with van der Waals surface area (Å²) in [5.74, 6) is -0.0555. The zero-order valence-electron chi connectivity index (χ0n) is 12.8. The molecule has 0 radical (unpaired) electrons. The van der Waals surface area contributed by atoms with Crippen molar-refractivity contribution in [3.63, 3.8) is 0 Å². The van der Waals surface area contributed by atoms with Crippen LogP contribution in [0.5, 0.6) is 0 Å². The Kier molecular flexibility index (Phi) is 4.73. The third-order valence-electron chi connectivity index (χ3n) is 3.98. The fourth-order valence-corrected chi connectivity index (χ4v) is 3.41. The summed E-state index contributed by atoms with van der Waals surface area (Å²) in [4.78, 5) is 16.6. The van der Waals surface area contributed by atoms with Crippen LogP contribution in [0.1, 0.15) is 48.2 Å². The number of benzene rings is 1. The van der Waals surface area contributed by atoms with Crippen molar-refractivity contribution in [2.45, 2.75) is 45.1 Å². The SMILES string of the molecule is Cc1ccc(Nc2nc(C(=O)NC3CCCCC3)cs2)cc1. The predicted octanol–water partition coefficient (Wildman–Crippen LogP) is 4.26. The second kappa shape index (κ2) is 6.92. The largest absolute Gasteiger partial charge is 0.348 e. The predicted molar refractivity (Wildman–Crippen MR) is 90.9 cm³/mol. The summed E-state index contributed by atoms with van der Waals surface area (Å²) in [5.41, 5.74) is 2.71. The van der Waals surface area contributed by atoms with Crippen LogP contribution in [-0.2, 0) is 0 Å². The van der Waals surface area contributed by atoms with Gasteiger partial charge in [-0.25, -0.2) is 4.98 Å². The lowest BCUT2D eigenvalue weighted by Crippen LogP contribution is -2.36. The Morgan fingerprint density at radius 2 is 1.91 bits per heavy atom. The Labute approximate surface area is 135 Å². The highest BCUT2D eigenvalue weighted by molar-refractivity contribution is 7.14. The number of carbonyl (C=O) groups is 1. The Morgan fingerprint density at radius 3 is 2.64 bits per heavy atom. The monoisotopic (exact) mass is 315 g/mol. The number of hydrogen-bond donors (Lipinski definition) is 2. The van der Waals surface area contributed by atoms with E-state index in [1.165, 1.54) is 36.2 Å². The molecule has 0 saturated heterocycles. The van der Waals surface area contributed by atoms with Gasteiger partial charge < -0.3 is 10.6 Å². The van der Waals surface area contributed by atoms with E-state index in [0.29, 0.717) is 11.7 Å². The van der Waals surface area contributed by atoms with Gasteiger partial charge in [-0.2, -0.15) is 0 Å². The lowest BCUT2D eigenvalue weighted by atomic mass is 9.95. The molecule has 0 atom stereocenters. The molecule has 2 N–H and O–H groups in total. The van der Waals surface area contributed by atoms with Crippen LogP contribution in [-0.4, -0.2) is 16.9 Å². The van der Waals surface area contributed by atoms with E-state index in [1.54, 1.807) is 0 Å². The number of hydrogen-bond acceptors (Lipinski definition) is 4. The highest BCUT2D eigenvalue weighted by Gasteiger charge is 2.18. The molecule has 1 aliphatic rings.